The molecule has 1 atom stereocenters. The lowest BCUT2D eigenvalue weighted by molar-refractivity contribution is -0.113. The normalized spacial score (nSPS) is 12.0. The molecule has 1 N–H and O–H groups in total. The molecule has 0 aliphatic heterocycles. The summed E-state index contributed by atoms with van der Waals surface area (Å²) in [5, 5.41) is 12.5. The Hall–Kier alpha value is -3.00. The number of nitrogens with zero attached hydrogens (tertiary/aromatic N) is 3. The van der Waals surface area contributed by atoms with Crippen LogP contribution in [0.15, 0.2) is 47.6 Å². The number of methoxy groups -OCH3 is 1. The lowest BCUT2D eigenvalue weighted by Crippen LogP contribution is -2.17. The van der Waals surface area contributed by atoms with E-state index in [0.717, 1.165) is 35.1 Å². The first-order valence-electron chi connectivity index (χ1n) is 11.0. The van der Waals surface area contributed by atoms with Crippen molar-refractivity contribution < 1.29 is 14.3 Å². The molecule has 0 aliphatic carbocycles. The van der Waals surface area contributed by atoms with Crippen LogP contribution in [0.1, 0.15) is 43.8 Å². The van der Waals surface area contributed by atoms with Gasteiger partial charge in [0.15, 0.2) is 17.1 Å². The number of nitrogens with one attached hydrogen (secondary N) is 1. The van der Waals surface area contributed by atoms with Gasteiger partial charge in [-0.3, -0.25) is 4.79 Å². The second kappa shape index (κ2) is 11.2. The van der Waals surface area contributed by atoms with E-state index >= 15 is 0 Å². The SMILES string of the molecule is COc1ccc(OC(C)c2nnc(SCC(=O)Nc3ccc(C)cc3C)n2CC(C)C)cc1. The molecule has 0 bridgehead atoms. The molecule has 8 heteroatoms. The number of hydrogen-bond donors (Lipinski definition) is 1. The summed E-state index contributed by atoms with van der Waals surface area (Å²) >= 11 is 1.38. The number of carbonyl (C=O) groups is 1. The molecular weight excluding hydrogens is 436 g/mol. The van der Waals surface area contributed by atoms with E-state index in [4.69, 9.17) is 9.47 Å². The monoisotopic (exact) mass is 468 g/mol. The van der Waals surface area contributed by atoms with E-state index in [1.807, 2.05) is 61.7 Å². The van der Waals surface area contributed by atoms with Gasteiger partial charge in [-0.1, -0.05) is 43.3 Å². The molecule has 0 fully saturated rings. The Bertz CT molecular complexity index is 1080. The number of ether oxygens (including phenoxy) is 2. The zero-order valence-electron chi connectivity index (χ0n) is 20.1. The van der Waals surface area contributed by atoms with Gasteiger partial charge in [0.25, 0.3) is 0 Å². The summed E-state index contributed by atoms with van der Waals surface area (Å²) < 4.78 is 13.3. The Kier molecular flexibility index (Phi) is 8.38. The number of carbonyl (C=O) groups excluding carboxylic acids is 1. The number of anilines is 1. The summed E-state index contributed by atoms with van der Waals surface area (Å²) in [6.45, 7) is 11.0. The number of amides is 1. The second-order valence-electron chi connectivity index (χ2n) is 8.44. The van der Waals surface area contributed by atoms with Gasteiger partial charge in [0.05, 0.1) is 12.9 Å². The van der Waals surface area contributed by atoms with Crippen LogP contribution in [-0.2, 0) is 11.3 Å². The molecule has 0 saturated heterocycles. The highest BCUT2D eigenvalue weighted by Crippen LogP contribution is 2.27. The Morgan fingerprint density at radius 1 is 1.06 bits per heavy atom. The third-order valence-corrected chi connectivity index (χ3v) is 5.98. The van der Waals surface area contributed by atoms with Crippen molar-refractivity contribution in [3.05, 3.63) is 59.4 Å². The third-order valence-electron chi connectivity index (χ3n) is 5.02. The highest BCUT2D eigenvalue weighted by molar-refractivity contribution is 7.99. The van der Waals surface area contributed by atoms with Crippen LogP contribution in [0, 0.1) is 19.8 Å². The summed E-state index contributed by atoms with van der Waals surface area (Å²) in [7, 11) is 1.63. The maximum atomic E-state index is 12.6. The molecule has 2 aromatic carbocycles. The van der Waals surface area contributed by atoms with Gasteiger partial charge in [-0.25, -0.2) is 0 Å². The van der Waals surface area contributed by atoms with Crippen molar-refractivity contribution in [3.8, 4) is 11.5 Å². The third kappa shape index (κ3) is 6.74. The van der Waals surface area contributed by atoms with Gasteiger partial charge in [0.1, 0.15) is 11.5 Å². The largest absolute Gasteiger partial charge is 0.497 e. The molecule has 1 unspecified atom stereocenters. The molecule has 1 amide bonds. The number of rotatable bonds is 10. The number of benzene rings is 2. The number of aryl methyl sites for hydroxylation is 2. The van der Waals surface area contributed by atoms with Crippen molar-refractivity contribution in [3.63, 3.8) is 0 Å². The van der Waals surface area contributed by atoms with Crippen molar-refractivity contribution in [2.75, 3.05) is 18.2 Å². The van der Waals surface area contributed by atoms with Gasteiger partial charge in [-0.05, 0) is 62.6 Å². The number of hydrogen-bond acceptors (Lipinski definition) is 6. The smallest absolute Gasteiger partial charge is 0.234 e. The molecule has 1 aromatic heterocycles. The average Bonchev–Trinajstić information content (AvgIpc) is 3.16. The number of thioether (sulfide) groups is 1. The summed E-state index contributed by atoms with van der Waals surface area (Å²) in [6.07, 6.45) is -0.303. The highest BCUT2D eigenvalue weighted by Gasteiger charge is 2.21. The van der Waals surface area contributed by atoms with Gasteiger partial charge in [0.2, 0.25) is 5.91 Å². The van der Waals surface area contributed by atoms with Gasteiger partial charge in [0, 0.05) is 12.2 Å². The van der Waals surface area contributed by atoms with Crippen LogP contribution in [0.5, 0.6) is 11.5 Å². The minimum Gasteiger partial charge on any atom is -0.497 e. The van der Waals surface area contributed by atoms with Gasteiger partial charge in [-0.15, -0.1) is 10.2 Å². The van der Waals surface area contributed by atoms with Crippen molar-refractivity contribution in [2.45, 2.75) is 52.4 Å². The predicted octanol–water partition coefficient (Wildman–Crippen LogP) is 5.43. The quantitative estimate of drug-likeness (QED) is 0.400. The fourth-order valence-electron chi connectivity index (χ4n) is 3.43. The van der Waals surface area contributed by atoms with E-state index in [0.29, 0.717) is 11.1 Å². The fourth-order valence-corrected chi connectivity index (χ4v) is 4.18. The van der Waals surface area contributed by atoms with Crippen LogP contribution >= 0.6 is 11.8 Å². The average molecular weight is 469 g/mol. The predicted molar refractivity (Wildman–Crippen MR) is 132 cm³/mol. The van der Waals surface area contributed by atoms with Crippen LogP contribution in [-0.4, -0.2) is 33.5 Å². The maximum Gasteiger partial charge on any atom is 0.234 e. The van der Waals surface area contributed by atoms with Crippen molar-refractivity contribution in [1.82, 2.24) is 14.8 Å². The number of aromatic nitrogens is 3. The first kappa shape index (κ1) is 24.6. The Morgan fingerprint density at radius 3 is 2.39 bits per heavy atom. The molecule has 0 spiro atoms. The highest BCUT2D eigenvalue weighted by atomic mass is 32.2. The Morgan fingerprint density at radius 2 is 1.76 bits per heavy atom. The van der Waals surface area contributed by atoms with Crippen molar-refractivity contribution in [1.29, 1.82) is 0 Å². The maximum absolute atomic E-state index is 12.6. The molecule has 0 radical (unpaired) electrons. The fraction of sp³-hybridized carbons (Fsp3) is 0.400. The molecule has 33 heavy (non-hydrogen) atoms. The lowest BCUT2D eigenvalue weighted by Gasteiger charge is -2.18. The molecule has 3 aromatic rings. The van der Waals surface area contributed by atoms with E-state index in [9.17, 15) is 4.79 Å². The standard InChI is InChI=1S/C25H32N4O3S/c1-16(2)14-29-24(19(5)32-21-10-8-20(31-6)9-11-21)27-28-25(29)33-15-23(30)26-22-12-7-17(3)13-18(22)4/h7-13,16,19H,14-15H2,1-6H3,(H,26,30). The van der Waals surface area contributed by atoms with Crippen LogP contribution in [0.3, 0.4) is 0 Å². The van der Waals surface area contributed by atoms with Crippen LogP contribution < -0.4 is 14.8 Å². The molecule has 176 valence electrons. The minimum atomic E-state index is -0.303. The Labute approximate surface area is 199 Å². The van der Waals surface area contributed by atoms with Gasteiger partial charge in [-0.2, -0.15) is 0 Å². The van der Waals surface area contributed by atoms with Crippen LogP contribution in [0.25, 0.3) is 0 Å². The molecule has 0 saturated carbocycles. The first-order valence-corrected chi connectivity index (χ1v) is 12.0. The summed E-state index contributed by atoms with van der Waals surface area (Å²) in [5.41, 5.74) is 3.04. The van der Waals surface area contributed by atoms with E-state index in [-0.39, 0.29) is 17.8 Å². The summed E-state index contributed by atoms with van der Waals surface area (Å²) in [4.78, 5) is 12.6. The van der Waals surface area contributed by atoms with Crippen LogP contribution in [0.4, 0.5) is 5.69 Å². The summed E-state index contributed by atoms with van der Waals surface area (Å²) in [5.74, 6) is 2.79. The van der Waals surface area contributed by atoms with E-state index in [1.165, 1.54) is 17.3 Å². The van der Waals surface area contributed by atoms with Gasteiger partial charge < -0.3 is 19.4 Å². The topological polar surface area (TPSA) is 78.3 Å². The second-order valence-corrected chi connectivity index (χ2v) is 9.38. The van der Waals surface area contributed by atoms with E-state index in [1.54, 1.807) is 7.11 Å². The minimum absolute atomic E-state index is 0.0740. The zero-order valence-corrected chi connectivity index (χ0v) is 20.9. The lowest BCUT2D eigenvalue weighted by atomic mass is 10.1. The molecule has 3 rings (SSSR count). The zero-order chi connectivity index (χ0) is 24.0. The molecule has 0 aliphatic rings. The first-order chi connectivity index (χ1) is 15.8. The van der Waals surface area contributed by atoms with Crippen molar-refractivity contribution in [2.24, 2.45) is 5.92 Å². The Balaban J connectivity index is 1.69. The van der Waals surface area contributed by atoms with E-state index < -0.39 is 0 Å². The van der Waals surface area contributed by atoms with E-state index in [2.05, 4.69) is 35.4 Å². The summed E-state index contributed by atoms with van der Waals surface area (Å²) in [6, 6.07) is 13.4. The molecular formula is C25H32N4O3S. The molecule has 1 heterocycles. The van der Waals surface area contributed by atoms with Crippen molar-refractivity contribution >= 4 is 23.4 Å². The molecule has 7 nitrogen and oxygen atoms in total. The van der Waals surface area contributed by atoms with Crippen LogP contribution in [0.2, 0.25) is 0 Å². The van der Waals surface area contributed by atoms with Gasteiger partial charge >= 0.3 is 0 Å².